The number of allylic oxidation sites excluding steroid dienone is 1. The molecule has 3 fully saturated rings. The van der Waals surface area contributed by atoms with Gasteiger partial charge in [-0.2, -0.15) is 4.31 Å². The molecular weight excluding hydrogens is 488 g/mol. The molecule has 2 aliphatic carbocycles. The number of aliphatic hydroxyl groups excluding tert-OH is 1. The van der Waals surface area contributed by atoms with Crippen LogP contribution in [0.3, 0.4) is 0 Å². The summed E-state index contributed by atoms with van der Waals surface area (Å²) in [4.78, 5) is 14.9. The number of rotatable bonds is 4. The van der Waals surface area contributed by atoms with Gasteiger partial charge in [0, 0.05) is 73.6 Å². The number of halogens is 2. The summed E-state index contributed by atoms with van der Waals surface area (Å²) in [6, 6.07) is 4.96. The first-order chi connectivity index (χ1) is 17.0. The van der Waals surface area contributed by atoms with Gasteiger partial charge in [-0.05, 0) is 49.4 Å². The fourth-order valence-corrected chi connectivity index (χ4v) is 7.57. The lowest BCUT2D eigenvalue weighted by Crippen LogP contribution is -2.37. The molecule has 2 saturated heterocycles. The van der Waals surface area contributed by atoms with Crippen molar-refractivity contribution in [3.63, 3.8) is 0 Å². The molecule has 1 N–H and O–H groups in total. The lowest BCUT2D eigenvalue weighted by molar-refractivity contribution is 0.0537. The van der Waals surface area contributed by atoms with E-state index in [2.05, 4.69) is 4.90 Å². The van der Waals surface area contributed by atoms with E-state index < -0.39 is 27.5 Å². The Bertz CT molecular complexity index is 1440. The van der Waals surface area contributed by atoms with Crippen LogP contribution in [0.15, 0.2) is 40.2 Å². The zero-order valence-corrected chi connectivity index (χ0v) is 20.9. The molecule has 10 heteroatoms. The Labute approximate surface area is 208 Å². The topological polar surface area (TPSA) is 82.8 Å². The molecule has 0 bridgehead atoms. The van der Waals surface area contributed by atoms with Crippen LogP contribution in [0.5, 0.6) is 0 Å². The Morgan fingerprint density at radius 3 is 2.47 bits per heavy atom. The molecule has 6 rings (SSSR count). The number of piperidine rings is 1. The highest BCUT2D eigenvalue weighted by atomic mass is 32.2. The number of alkyl halides is 2. The average Bonchev–Trinajstić information content (AvgIpc) is 3.27. The van der Waals surface area contributed by atoms with Crippen LogP contribution in [0.25, 0.3) is 17.2 Å². The fourth-order valence-electron chi connectivity index (χ4n) is 6.05. The number of pyridine rings is 1. The van der Waals surface area contributed by atoms with E-state index in [1.165, 1.54) is 8.87 Å². The molecule has 1 aromatic heterocycles. The fraction of sp³-hybridized carbons (Fsp3) is 0.500. The van der Waals surface area contributed by atoms with Crippen LogP contribution in [0.1, 0.15) is 36.8 Å². The number of β-amino-alcohol motifs (C(OH)–C–C–N with tert-alkyl or cyclic N) is 1. The molecule has 1 aromatic carbocycles. The van der Waals surface area contributed by atoms with Crippen molar-refractivity contribution in [1.29, 1.82) is 0 Å². The third-order valence-electron chi connectivity index (χ3n) is 8.42. The Balaban J connectivity index is 1.46. The smallest absolute Gasteiger partial charge is 0.254 e. The summed E-state index contributed by atoms with van der Waals surface area (Å²) in [5.74, 6) is -2.59. The molecule has 1 saturated carbocycles. The number of aliphatic hydroxyl groups is 1. The zero-order valence-electron chi connectivity index (χ0n) is 20.1. The molecule has 1 atom stereocenters. The third kappa shape index (κ3) is 3.56. The van der Waals surface area contributed by atoms with E-state index in [1.54, 1.807) is 31.4 Å². The van der Waals surface area contributed by atoms with E-state index in [1.807, 2.05) is 12.2 Å². The molecule has 36 heavy (non-hydrogen) atoms. The number of hydrogen-bond donors (Lipinski definition) is 1. The van der Waals surface area contributed by atoms with Crippen molar-refractivity contribution in [2.24, 2.45) is 12.5 Å². The van der Waals surface area contributed by atoms with Crippen LogP contribution in [-0.4, -0.2) is 60.6 Å². The molecule has 0 amide bonds. The zero-order chi connectivity index (χ0) is 25.5. The van der Waals surface area contributed by atoms with E-state index in [0.29, 0.717) is 49.9 Å². The van der Waals surface area contributed by atoms with Gasteiger partial charge in [0.2, 0.25) is 10.0 Å². The van der Waals surface area contributed by atoms with Crippen molar-refractivity contribution in [1.82, 2.24) is 8.87 Å². The van der Waals surface area contributed by atoms with E-state index in [-0.39, 0.29) is 30.0 Å². The summed E-state index contributed by atoms with van der Waals surface area (Å²) in [7, 11) is -2.16. The van der Waals surface area contributed by atoms with Gasteiger partial charge in [0.25, 0.3) is 11.5 Å². The summed E-state index contributed by atoms with van der Waals surface area (Å²) in [5, 5.41) is 9.90. The third-order valence-corrected chi connectivity index (χ3v) is 10.3. The summed E-state index contributed by atoms with van der Waals surface area (Å²) < 4.78 is 57.6. The van der Waals surface area contributed by atoms with E-state index in [4.69, 9.17) is 0 Å². The minimum atomic E-state index is -3.84. The second kappa shape index (κ2) is 7.97. The highest BCUT2D eigenvalue weighted by molar-refractivity contribution is 7.89. The maximum Gasteiger partial charge on any atom is 0.254 e. The van der Waals surface area contributed by atoms with Gasteiger partial charge in [-0.25, -0.2) is 17.2 Å². The largest absolute Gasteiger partial charge is 0.392 e. The lowest BCUT2D eigenvalue weighted by Gasteiger charge is -2.35. The maximum absolute atomic E-state index is 14.0. The van der Waals surface area contributed by atoms with Crippen molar-refractivity contribution in [3.8, 4) is 11.1 Å². The van der Waals surface area contributed by atoms with Crippen LogP contribution in [0.2, 0.25) is 0 Å². The Kier molecular flexibility index (Phi) is 5.27. The monoisotopic (exact) mass is 517 g/mol. The quantitative estimate of drug-likeness (QED) is 0.674. The van der Waals surface area contributed by atoms with Crippen LogP contribution >= 0.6 is 0 Å². The highest BCUT2D eigenvalue weighted by Crippen LogP contribution is 2.66. The second-order valence-corrected chi connectivity index (χ2v) is 12.5. The number of fused-ring (bicyclic) bond motifs is 1. The van der Waals surface area contributed by atoms with Gasteiger partial charge in [-0.1, -0.05) is 12.2 Å². The van der Waals surface area contributed by atoms with Gasteiger partial charge < -0.3 is 14.6 Å². The molecule has 192 valence electrons. The molecular formula is C26H29F2N3O4S. The van der Waals surface area contributed by atoms with Crippen molar-refractivity contribution in [3.05, 3.63) is 52.0 Å². The van der Waals surface area contributed by atoms with Gasteiger partial charge in [0.1, 0.15) is 0 Å². The number of nitrogens with zero attached hydrogens (tertiary/aromatic N) is 3. The van der Waals surface area contributed by atoms with Crippen LogP contribution in [-0.2, 0) is 23.5 Å². The first-order valence-electron chi connectivity index (χ1n) is 12.4. The molecule has 3 heterocycles. The number of aromatic nitrogens is 1. The van der Waals surface area contributed by atoms with Crippen LogP contribution < -0.4 is 10.5 Å². The molecule has 7 nitrogen and oxygen atoms in total. The molecule has 2 aliphatic heterocycles. The number of sulfonamides is 1. The minimum Gasteiger partial charge on any atom is -0.392 e. The minimum absolute atomic E-state index is 0.0554. The van der Waals surface area contributed by atoms with Gasteiger partial charge in [-0.3, -0.25) is 4.79 Å². The highest BCUT2D eigenvalue weighted by Gasteiger charge is 2.70. The standard InChI is InChI=1S/C26H29F2N3O4S/c1-29-15-22(19-3-2-4-20(19)24(29)33)21-13-18(36(34,35)31-10-7-17(32)14-31)5-6-23(21)30-11-8-25(9-12-30)16-26(25,27)28/h2-3,5-6,13,15,17,32H,4,7-12,14,16H2,1H3/t17-/m1/s1. The first kappa shape index (κ1) is 23.8. The first-order valence-corrected chi connectivity index (χ1v) is 13.8. The predicted octanol–water partition coefficient (Wildman–Crippen LogP) is 3.00. The maximum atomic E-state index is 14.0. The molecule has 0 unspecified atom stereocenters. The number of anilines is 1. The number of benzene rings is 1. The summed E-state index contributed by atoms with van der Waals surface area (Å²) in [6.07, 6.45) is 6.47. The normalized spacial score (nSPS) is 24.4. The summed E-state index contributed by atoms with van der Waals surface area (Å²) >= 11 is 0. The Hall–Kier alpha value is -2.56. The van der Waals surface area contributed by atoms with Crippen molar-refractivity contribution in [2.75, 3.05) is 31.1 Å². The summed E-state index contributed by atoms with van der Waals surface area (Å²) in [6.45, 7) is 1.22. The van der Waals surface area contributed by atoms with Gasteiger partial charge >= 0.3 is 0 Å². The van der Waals surface area contributed by atoms with Gasteiger partial charge in [-0.15, -0.1) is 0 Å². The van der Waals surface area contributed by atoms with Crippen molar-refractivity contribution in [2.45, 2.75) is 49.0 Å². The van der Waals surface area contributed by atoms with E-state index >= 15 is 0 Å². The molecule has 4 aliphatic rings. The number of aryl methyl sites for hydroxylation is 1. The van der Waals surface area contributed by atoms with Crippen molar-refractivity contribution >= 4 is 21.8 Å². The molecule has 1 spiro atoms. The van der Waals surface area contributed by atoms with Gasteiger partial charge in [0.05, 0.1) is 11.0 Å². The predicted molar refractivity (Wildman–Crippen MR) is 133 cm³/mol. The van der Waals surface area contributed by atoms with Crippen LogP contribution in [0.4, 0.5) is 14.5 Å². The molecule has 0 radical (unpaired) electrons. The Morgan fingerprint density at radius 2 is 1.83 bits per heavy atom. The van der Waals surface area contributed by atoms with E-state index in [9.17, 15) is 27.1 Å². The number of hydrogen-bond acceptors (Lipinski definition) is 5. The Morgan fingerprint density at radius 1 is 1.11 bits per heavy atom. The SMILES string of the molecule is Cn1cc(-c2cc(S(=O)(=O)N3CC[C@@H](O)C3)ccc2N2CCC3(CC2)CC3(F)F)c2c(c1=O)CC=C2. The molecule has 2 aromatic rings. The van der Waals surface area contributed by atoms with Crippen LogP contribution in [0, 0.1) is 5.41 Å². The van der Waals surface area contributed by atoms with Gasteiger partial charge in [0.15, 0.2) is 0 Å². The van der Waals surface area contributed by atoms with Crippen molar-refractivity contribution < 1.29 is 22.3 Å². The lowest BCUT2D eigenvalue weighted by atomic mass is 9.91. The second-order valence-electron chi connectivity index (χ2n) is 10.6. The summed E-state index contributed by atoms with van der Waals surface area (Å²) in [5.41, 5.74) is 2.62. The average molecular weight is 518 g/mol. The van der Waals surface area contributed by atoms with E-state index in [0.717, 1.165) is 16.8 Å².